The van der Waals surface area contributed by atoms with Gasteiger partial charge in [0, 0.05) is 6.04 Å². The fourth-order valence-electron chi connectivity index (χ4n) is 2.59. The van der Waals surface area contributed by atoms with E-state index in [2.05, 4.69) is 10.9 Å². The van der Waals surface area contributed by atoms with Gasteiger partial charge in [-0.25, -0.2) is 10.2 Å². The van der Waals surface area contributed by atoms with Crippen LogP contribution < -0.4 is 10.9 Å². The minimum atomic E-state index is -0.513. The van der Waals surface area contributed by atoms with Crippen LogP contribution in [0, 0.1) is 11.8 Å². The van der Waals surface area contributed by atoms with Crippen LogP contribution in [0.4, 0.5) is 4.79 Å². The van der Waals surface area contributed by atoms with Crippen molar-refractivity contribution in [3.63, 3.8) is 0 Å². The van der Waals surface area contributed by atoms with Crippen molar-refractivity contribution in [3.05, 3.63) is 0 Å². The lowest BCUT2D eigenvalue weighted by molar-refractivity contribution is -0.151. The predicted octanol–water partition coefficient (Wildman–Crippen LogP) is 2.38. The van der Waals surface area contributed by atoms with Crippen LogP contribution in [0.1, 0.15) is 53.9 Å². The molecule has 0 heterocycles. The maximum absolute atomic E-state index is 11.8. The van der Waals surface area contributed by atoms with Crippen molar-refractivity contribution in [2.75, 3.05) is 6.61 Å². The van der Waals surface area contributed by atoms with Crippen LogP contribution in [0.5, 0.6) is 0 Å². The van der Waals surface area contributed by atoms with Gasteiger partial charge in [0.05, 0.1) is 12.5 Å². The van der Waals surface area contributed by atoms with E-state index < -0.39 is 11.7 Å². The smallest absolute Gasteiger partial charge is 0.422 e. The first kappa shape index (κ1) is 17.8. The van der Waals surface area contributed by atoms with E-state index in [1.54, 1.807) is 0 Å². The van der Waals surface area contributed by atoms with Gasteiger partial charge in [-0.05, 0) is 52.9 Å². The molecule has 122 valence electrons. The number of rotatable bonds is 4. The van der Waals surface area contributed by atoms with Crippen LogP contribution in [-0.2, 0) is 14.3 Å². The molecule has 0 aliphatic heterocycles. The van der Waals surface area contributed by atoms with Crippen LogP contribution in [0.15, 0.2) is 0 Å². The number of ether oxygens (including phenoxy) is 2. The molecule has 0 aromatic rings. The molecule has 1 saturated carbocycles. The molecule has 1 aliphatic rings. The lowest BCUT2D eigenvalue weighted by Gasteiger charge is -2.33. The minimum absolute atomic E-state index is 0.0375. The van der Waals surface area contributed by atoms with Crippen molar-refractivity contribution < 1.29 is 19.1 Å². The van der Waals surface area contributed by atoms with E-state index in [0.717, 1.165) is 19.3 Å². The van der Waals surface area contributed by atoms with Crippen molar-refractivity contribution in [1.29, 1.82) is 0 Å². The third-order valence-corrected chi connectivity index (χ3v) is 3.54. The second-order valence-corrected chi connectivity index (χ2v) is 6.62. The predicted molar refractivity (Wildman–Crippen MR) is 79.4 cm³/mol. The van der Waals surface area contributed by atoms with Gasteiger partial charge in [0.25, 0.3) is 0 Å². The average Bonchev–Trinajstić information content (AvgIpc) is 2.34. The van der Waals surface area contributed by atoms with E-state index in [-0.39, 0.29) is 23.8 Å². The molecule has 3 atom stereocenters. The number of amides is 1. The lowest BCUT2D eigenvalue weighted by atomic mass is 9.78. The SMILES string of the molecule is CCOC(=O)[C@H]1CC[C@@H](NNC(=O)OC(C)(C)C)C[C@H]1C. The summed E-state index contributed by atoms with van der Waals surface area (Å²) in [6.07, 6.45) is 1.93. The van der Waals surface area contributed by atoms with Crippen molar-refractivity contribution >= 4 is 12.1 Å². The highest BCUT2D eigenvalue weighted by Gasteiger charge is 2.33. The van der Waals surface area contributed by atoms with Crippen LogP contribution >= 0.6 is 0 Å². The van der Waals surface area contributed by atoms with E-state index in [0.29, 0.717) is 6.61 Å². The highest BCUT2D eigenvalue weighted by Crippen LogP contribution is 2.30. The first-order valence-electron chi connectivity index (χ1n) is 7.64. The fraction of sp³-hybridized carbons (Fsp3) is 0.867. The Labute approximate surface area is 126 Å². The second kappa shape index (κ2) is 7.64. The van der Waals surface area contributed by atoms with Gasteiger partial charge in [-0.15, -0.1) is 0 Å². The molecule has 21 heavy (non-hydrogen) atoms. The van der Waals surface area contributed by atoms with Gasteiger partial charge in [-0.3, -0.25) is 10.2 Å². The highest BCUT2D eigenvalue weighted by atomic mass is 16.6. The van der Waals surface area contributed by atoms with Crippen LogP contribution in [0.2, 0.25) is 0 Å². The van der Waals surface area contributed by atoms with E-state index in [1.165, 1.54) is 0 Å². The zero-order valence-corrected chi connectivity index (χ0v) is 13.7. The summed E-state index contributed by atoms with van der Waals surface area (Å²) in [5.41, 5.74) is 5.05. The maximum atomic E-state index is 11.8. The van der Waals surface area contributed by atoms with E-state index in [4.69, 9.17) is 9.47 Å². The summed E-state index contributed by atoms with van der Waals surface area (Å²) in [5.74, 6) is 0.0869. The fourth-order valence-corrected chi connectivity index (χ4v) is 2.59. The minimum Gasteiger partial charge on any atom is -0.466 e. The number of hydrazine groups is 1. The van der Waals surface area contributed by atoms with Gasteiger partial charge in [0.1, 0.15) is 5.60 Å². The topological polar surface area (TPSA) is 76.7 Å². The molecule has 6 nitrogen and oxygen atoms in total. The number of hydrogen-bond acceptors (Lipinski definition) is 5. The van der Waals surface area contributed by atoms with E-state index >= 15 is 0 Å². The summed E-state index contributed by atoms with van der Waals surface area (Å²) >= 11 is 0. The number of esters is 1. The Kier molecular flexibility index (Phi) is 6.45. The third kappa shape index (κ3) is 6.33. The van der Waals surface area contributed by atoms with Gasteiger partial charge in [-0.1, -0.05) is 6.92 Å². The quantitative estimate of drug-likeness (QED) is 0.616. The van der Waals surface area contributed by atoms with Crippen molar-refractivity contribution in [2.24, 2.45) is 11.8 Å². The van der Waals surface area contributed by atoms with Crippen LogP contribution in [0.25, 0.3) is 0 Å². The molecule has 6 heteroatoms. The summed E-state index contributed by atoms with van der Waals surface area (Å²) in [7, 11) is 0. The standard InChI is InChI=1S/C15H28N2O4/c1-6-20-13(18)12-8-7-11(9-10(12)2)16-17-14(19)21-15(3,4)5/h10-12,16H,6-9H2,1-5H3,(H,17,19)/t10-,11-,12+/m1/s1. The summed E-state index contributed by atoms with van der Waals surface area (Å²) in [4.78, 5) is 23.4. The zero-order chi connectivity index (χ0) is 16.0. The molecule has 0 aromatic heterocycles. The molecular weight excluding hydrogens is 272 g/mol. The number of hydrogen-bond donors (Lipinski definition) is 2. The number of carbonyl (C=O) groups is 2. The van der Waals surface area contributed by atoms with Crippen molar-refractivity contribution in [2.45, 2.75) is 65.5 Å². The Morgan fingerprint density at radius 2 is 1.90 bits per heavy atom. The Bertz CT molecular complexity index is 365. The molecular formula is C15H28N2O4. The normalized spacial score (nSPS) is 26.0. The molecule has 2 N–H and O–H groups in total. The first-order chi connectivity index (χ1) is 9.73. The molecule has 1 amide bonds. The Morgan fingerprint density at radius 1 is 1.24 bits per heavy atom. The summed E-state index contributed by atoms with van der Waals surface area (Å²) in [6, 6.07) is 0.151. The summed E-state index contributed by atoms with van der Waals surface area (Å²) < 4.78 is 10.3. The summed E-state index contributed by atoms with van der Waals surface area (Å²) in [6.45, 7) is 9.74. The highest BCUT2D eigenvalue weighted by molar-refractivity contribution is 5.72. The molecule has 0 bridgehead atoms. The molecule has 0 unspecified atom stereocenters. The second-order valence-electron chi connectivity index (χ2n) is 6.62. The third-order valence-electron chi connectivity index (χ3n) is 3.54. The molecule has 0 spiro atoms. The van der Waals surface area contributed by atoms with Gasteiger partial charge < -0.3 is 9.47 Å². The number of nitrogens with one attached hydrogen (secondary N) is 2. The monoisotopic (exact) mass is 300 g/mol. The molecule has 1 rings (SSSR count). The summed E-state index contributed by atoms with van der Waals surface area (Å²) in [5, 5.41) is 0. The van der Waals surface area contributed by atoms with Crippen LogP contribution in [0.3, 0.4) is 0 Å². The van der Waals surface area contributed by atoms with Gasteiger partial charge >= 0.3 is 12.1 Å². The molecule has 0 saturated heterocycles. The Balaban J connectivity index is 2.35. The molecule has 1 fully saturated rings. The van der Waals surface area contributed by atoms with Gasteiger partial charge in [0.2, 0.25) is 0 Å². The molecule has 0 aromatic carbocycles. The van der Waals surface area contributed by atoms with Crippen LogP contribution in [-0.4, -0.2) is 30.3 Å². The average molecular weight is 300 g/mol. The van der Waals surface area contributed by atoms with E-state index in [1.807, 2.05) is 34.6 Å². The Morgan fingerprint density at radius 3 is 2.43 bits per heavy atom. The van der Waals surface area contributed by atoms with Crippen molar-refractivity contribution in [1.82, 2.24) is 10.9 Å². The zero-order valence-electron chi connectivity index (χ0n) is 13.7. The molecule has 0 radical (unpaired) electrons. The largest absolute Gasteiger partial charge is 0.466 e. The lowest BCUT2D eigenvalue weighted by Crippen LogP contribution is -2.49. The first-order valence-corrected chi connectivity index (χ1v) is 7.64. The number of carbonyl (C=O) groups excluding carboxylic acids is 2. The van der Waals surface area contributed by atoms with E-state index in [9.17, 15) is 9.59 Å². The Hall–Kier alpha value is -1.30. The molecule has 1 aliphatic carbocycles. The maximum Gasteiger partial charge on any atom is 0.422 e. The van der Waals surface area contributed by atoms with Crippen molar-refractivity contribution in [3.8, 4) is 0 Å². The van der Waals surface area contributed by atoms with Gasteiger partial charge in [-0.2, -0.15) is 0 Å². The van der Waals surface area contributed by atoms with Gasteiger partial charge in [0.15, 0.2) is 0 Å².